The minimum absolute atomic E-state index is 0.0875. The third-order valence-electron chi connectivity index (χ3n) is 2.87. The Bertz CT molecular complexity index is 424. The van der Waals surface area contributed by atoms with Crippen molar-refractivity contribution in [3.63, 3.8) is 0 Å². The van der Waals surface area contributed by atoms with Gasteiger partial charge in [-0.3, -0.25) is 4.79 Å². The van der Waals surface area contributed by atoms with Gasteiger partial charge in [-0.25, -0.2) is 4.39 Å². The first-order valence-electron chi connectivity index (χ1n) is 4.44. The van der Waals surface area contributed by atoms with Crippen LogP contribution in [0.4, 0.5) is 4.39 Å². The van der Waals surface area contributed by atoms with Crippen molar-refractivity contribution in [1.29, 1.82) is 0 Å². The van der Waals surface area contributed by atoms with E-state index in [1.807, 2.05) is 19.9 Å². The molecule has 1 aromatic carbocycles. The molecule has 0 fully saturated rings. The largest absolute Gasteiger partial charge is 0.298 e. The van der Waals surface area contributed by atoms with Crippen LogP contribution in [-0.4, -0.2) is 5.78 Å². The zero-order valence-corrected chi connectivity index (χ0v) is 9.61. The molecule has 0 bridgehead atoms. The Labute approximate surface area is 90.4 Å². The quantitative estimate of drug-likeness (QED) is 0.698. The van der Waals surface area contributed by atoms with Crippen LogP contribution in [0, 0.1) is 5.82 Å². The fourth-order valence-corrected chi connectivity index (χ4v) is 2.30. The van der Waals surface area contributed by atoms with Gasteiger partial charge in [0.1, 0.15) is 11.6 Å². The molecule has 0 heterocycles. The van der Waals surface area contributed by atoms with Gasteiger partial charge in [-0.15, -0.1) is 0 Å². The van der Waals surface area contributed by atoms with Crippen molar-refractivity contribution in [2.75, 3.05) is 0 Å². The molecule has 3 heteroatoms. The molecular formula is C11H10BrFO. The third kappa shape index (κ3) is 1.22. The van der Waals surface area contributed by atoms with E-state index in [4.69, 9.17) is 0 Å². The highest BCUT2D eigenvalue weighted by molar-refractivity contribution is 9.10. The maximum atomic E-state index is 13.5. The lowest BCUT2D eigenvalue weighted by molar-refractivity contribution is -0.121. The maximum absolute atomic E-state index is 13.5. The molecule has 0 saturated heterocycles. The second kappa shape index (κ2) is 2.89. The number of fused-ring (bicyclic) bond motifs is 1. The Morgan fingerprint density at radius 1 is 1.43 bits per heavy atom. The number of ketones is 1. The van der Waals surface area contributed by atoms with Crippen LogP contribution in [0.5, 0.6) is 0 Å². The van der Waals surface area contributed by atoms with E-state index in [2.05, 4.69) is 15.9 Å². The fourth-order valence-electron chi connectivity index (χ4n) is 1.87. The van der Waals surface area contributed by atoms with Crippen LogP contribution in [0.15, 0.2) is 16.6 Å². The minimum atomic E-state index is -0.542. The van der Waals surface area contributed by atoms with Crippen molar-refractivity contribution in [2.45, 2.75) is 25.7 Å². The maximum Gasteiger partial charge on any atom is 0.147 e. The zero-order chi connectivity index (χ0) is 10.5. The van der Waals surface area contributed by atoms with Gasteiger partial charge in [0.05, 0.1) is 0 Å². The van der Waals surface area contributed by atoms with Gasteiger partial charge in [-0.1, -0.05) is 15.9 Å². The molecular weight excluding hydrogens is 247 g/mol. The zero-order valence-electron chi connectivity index (χ0n) is 8.03. The van der Waals surface area contributed by atoms with Crippen LogP contribution in [0.1, 0.15) is 25.0 Å². The second-order valence-electron chi connectivity index (χ2n) is 4.14. The number of Topliss-reactive ketones (excluding diaryl/α,β-unsaturated/α-hetero) is 1. The smallest absolute Gasteiger partial charge is 0.147 e. The summed E-state index contributed by atoms with van der Waals surface area (Å²) in [7, 11) is 0. The van der Waals surface area contributed by atoms with Gasteiger partial charge in [-0.2, -0.15) is 0 Å². The van der Waals surface area contributed by atoms with Gasteiger partial charge in [0.25, 0.3) is 0 Å². The van der Waals surface area contributed by atoms with E-state index in [-0.39, 0.29) is 18.0 Å². The van der Waals surface area contributed by atoms with Gasteiger partial charge in [0.15, 0.2) is 0 Å². The van der Waals surface area contributed by atoms with Crippen molar-refractivity contribution in [1.82, 2.24) is 0 Å². The molecule has 74 valence electrons. The molecule has 0 unspecified atom stereocenters. The SMILES string of the molecule is CC1(C)C(=O)Cc2c(F)cc(Br)cc21. The number of benzene rings is 1. The number of hydrogen-bond donors (Lipinski definition) is 0. The summed E-state index contributed by atoms with van der Waals surface area (Å²) >= 11 is 3.24. The average molecular weight is 257 g/mol. The number of halogens is 2. The Morgan fingerprint density at radius 2 is 2.07 bits per heavy atom. The molecule has 14 heavy (non-hydrogen) atoms. The molecule has 0 amide bonds. The summed E-state index contributed by atoms with van der Waals surface area (Å²) < 4.78 is 14.2. The first kappa shape index (κ1) is 9.84. The predicted molar refractivity (Wildman–Crippen MR) is 55.8 cm³/mol. The van der Waals surface area contributed by atoms with Crippen LogP contribution < -0.4 is 0 Å². The number of carbonyl (C=O) groups excluding carboxylic acids is 1. The summed E-state index contributed by atoms with van der Waals surface area (Å²) in [5.41, 5.74) is 0.831. The predicted octanol–water partition coefficient (Wildman–Crippen LogP) is 2.99. The van der Waals surface area contributed by atoms with Gasteiger partial charge in [-0.05, 0) is 37.1 Å². The van der Waals surface area contributed by atoms with Crippen molar-refractivity contribution in [3.8, 4) is 0 Å². The minimum Gasteiger partial charge on any atom is -0.298 e. The molecule has 2 rings (SSSR count). The van der Waals surface area contributed by atoms with Crippen LogP contribution in [-0.2, 0) is 16.6 Å². The van der Waals surface area contributed by atoms with E-state index < -0.39 is 5.41 Å². The summed E-state index contributed by atoms with van der Waals surface area (Å²) in [5.74, 6) is -0.196. The standard InChI is InChI=1S/C11H10BrFO/c1-11(2)8-3-6(12)4-9(13)7(8)5-10(11)14/h3-4H,5H2,1-2H3. The lowest BCUT2D eigenvalue weighted by atomic mass is 9.86. The Balaban J connectivity index is 2.71. The summed E-state index contributed by atoms with van der Waals surface area (Å²) in [6.45, 7) is 3.68. The molecule has 0 spiro atoms. The highest BCUT2D eigenvalue weighted by Crippen LogP contribution is 2.38. The Kier molecular flexibility index (Phi) is 2.03. The van der Waals surface area contributed by atoms with Gasteiger partial charge < -0.3 is 0 Å². The monoisotopic (exact) mass is 256 g/mol. The number of carbonyl (C=O) groups is 1. The molecule has 1 aliphatic rings. The van der Waals surface area contributed by atoms with Crippen LogP contribution in [0.2, 0.25) is 0 Å². The highest BCUT2D eigenvalue weighted by atomic mass is 79.9. The first-order valence-corrected chi connectivity index (χ1v) is 5.24. The van der Waals surface area contributed by atoms with E-state index in [1.165, 1.54) is 6.07 Å². The summed E-state index contributed by atoms with van der Waals surface area (Å²) in [6.07, 6.45) is 0.224. The molecule has 1 aromatic rings. The van der Waals surface area contributed by atoms with Crippen molar-refractivity contribution in [2.24, 2.45) is 0 Å². The van der Waals surface area contributed by atoms with E-state index in [1.54, 1.807) is 0 Å². The fraction of sp³-hybridized carbons (Fsp3) is 0.364. The van der Waals surface area contributed by atoms with Gasteiger partial charge in [0.2, 0.25) is 0 Å². The van der Waals surface area contributed by atoms with Crippen LogP contribution in [0.3, 0.4) is 0 Å². The molecule has 0 N–H and O–H groups in total. The van der Waals surface area contributed by atoms with E-state index in [0.29, 0.717) is 10.0 Å². The molecule has 0 aliphatic heterocycles. The molecule has 0 aromatic heterocycles. The molecule has 1 aliphatic carbocycles. The molecule has 0 radical (unpaired) electrons. The van der Waals surface area contributed by atoms with E-state index in [9.17, 15) is 9.18 Å². The lowest BCUT2D eigenvalue weighted by Crippen LogP contribution is -2.23. The molecule has 1 nitrogen and oxygen atoms in total. The number of hydrogen-bond acceptors (Lipinski definition) is 1. The molecule has 0 atom stereocenters. The Morgan fingerprint density at radius 3 is 2.71 bits per heavy atom. The van der Waals surface area contributed by atoms with E-state index in [0.717, 1.165) is 5.56 Å². The highest BCUT2D eigenvalue weighted by Gasteiger charge is 2.39. The third-order valence-corrected chi connectivity index (χ3v) is 3.33. The van der Waals surface area contributed by atoms with E-state index >= 15 is 0 Å². The lowest BCUT2D eigenvalue weighted by Gasteiger charge is -2.17. The summed E-state index contributed by atoms with van der Waals surface area (Å²) in [6, 6.07) is 3.25. The second-order valence-corrected chi connectivity index (χ2v) is 5.05. The van der Waals surface area contributed by atoms with Crippen molar-refractivity contribution in [3.05, 3.63) is 33.5 Å². The average Bonchev–Trinajstić information content (AvgIpc) is 2.28. The van der Waals surface area contributed by atoms with Crippen LogP contribution in [0.25, 0.3) is 0 Å². The van der Waals surface area contributed by atoms with Crippen LogP contribution >= 0.6 is 15.9 Å². The number of rotatable bonds is 0. The van der Waals surface area contributed by atoms with Gasteiger partial charge >= 0.3 is 0 Å². The summed E-state index contributed by atoms with van der Waals surface area (Å²) in [5, 5.41) is 0. The van der Waals surface area contributed by atoms with Crippen molar-refractivity contribution >= 4 is 21.7 Å². The summed E-state index contributed by atoms with van der Waals surface area (Å²) in [4.78, 5) is 11.6. The van der Waals surface area contributed by atoms with Gasteiger partial charge in [0, 0.05) is 16.3 Å². The normalized spacial score (nSPS) is 18.4. The topological polar surface area (TPSA) is 17.1 Å². The Hall–Kier alpha value is -0.700. The molecule has 0 saturated carbocycles. The first-order chi connectivity index (χ1) is 6.43. The van der Waals surface area contributed by atoms with Crippen molar-refractivity contribution < 1.29 is 9.18 Å².